The van der Waals surface area contributed by atoms with E-state index in [0.717, 1.165) is 0 Å². The van der Waals surface area contributed by atoms with Gasteiger partial charge in [-0.1, -0.05) is 0 Å². The van der Waals surface area contributed by atoms with Gasteiger partial charge in [0.1, 0.15) is 6.04 Å². The lowest BCUT2D eigenvalue weighted by molar-refractivity contribution is -0.138. The molecule has 0 aromatic rings. The molecule has 0 saturated carbocycles. The van der Waals surface area contributed by atoms with Gasteiger partial charge in [0.2, 0.25) is 0 Å². The highest BCUT2D eigenvalue weighted by Gasteiger charge is 2.14. The van der Waals surface area contributed by atoms with Crippen molar-refractivity contribution in [1.82, 2.24) is 0 Å². The molecule has 0 spiro atoms. The lowest BCUT2D eigenvalue weighted by atomic mass is 10.2. The third kappa shape index (κ3) is 1.90. The number of carboxylic acid groups (broad SMARTS) is 1. The van der Waals surface area contributed by atoms with E-state index in [9.17, 15) is 4.79 Å². The molecule has 48 valence electrons. The summed E-state index contributed by atoms with van der Waals surface area (Å²) in [7, 11) is 0. The highest BCUT2D eigenvalue weighted by molar-refractivity contribution is 5.73. The van der Waals surface area contributed by atoms with E-state index in [0.29, 0.717) is 0 Å². The number of hydrogen-bond donors (Lipinski definition) is 3. The van der Waals surface area contributed by atoms with Gasteiger partial charge in [0.05, 0.1) is 0 Å². The minimum Gasteiger partial charge on any atom is -0.480 e. The fourth-order valence-electron chi connectivity index (χ4n) is 0.225. The SMILES string of the molecule is C[C@@H](N)[C@@H](N)C(=O)O. The molecule has 0 aliphatic heterocycles. The summed E-state index contributed by atoms with van der Waals surface area (Å²) in [6.07, 6.45) is 0. The Kier molecular flexibility index (Phi) is 2.44. The maximum Gasteiger partial charge on any atom is 0.322 e. The minimum absolute atomic E-state index is 0.479. The summed E-state index contributed by atoms with van der Waals surface area (Å²) in [4.78, 5) is 9.94. The van der Waals surface area contributed by atoms with Gasteiger partial charge in [0, 0.05) is 6.04 Å². The van der Waals surface area contributed by atoms with Crippen LogP contribution in [0.1, 0.15) is 6.92 Å². The average molecular weight is 118 g/mol. The van der Waals surface area contributed by atoms with Crippen molar-refractivity contribution in [3.63, 3.8) is 0 Å². The maximum atomic E-state index is 9.94. The molecule has 0 aromatic heterocycles. The van der Waals surface area contributed by atoms with E-state index in [-0.39, 0.29) is 0 Å². The third-order valence-electron chi connectivity index (χ3n) is 0.852. The number of nitrogens with two attached hydrogens (primary N) is 2. The van der Waals surface area contributed by atoms with Gasteiger partial charge in [-0.3, -0.25) is 4.79 Å². The Labute approximate surface area is 47.5 Å². The van der Waals surface area contributed by atoms with Crippen LogP contribution in [0.2, 0.25) is 0 Å². The second-order valence-electron chi connectivity index (χ2n) is 1.72. The van der Waals surface area contributed by atoms with Crippen LogP contribution in [0, 0.1) is 0 Å². The van der Waals surface area contributed by atoms with Crippen LogP contribution in [0.15, 0.2) is 0 Å². The van der Waals surface area contributed by atoms with Gasteiger partial charge in [-0.25, -0.2) is 0 Å². The molecule has 0 amide bonds. The maximum absolute atomic E-state index is 9.94. The highest BCUT2D eigenvalue weighted by atomic mass is 16.4. The van der Waals surface area contributed by atoms with Crippen LogP contribution in [0.5, 0.6) is 0 Å². The average Bonchev–Trinajstić information content (AvgIpc) is 1.64. The molecule has 0 saturated heterocycles. The molecule has 4 nitrogen and oxygen atoms in total. The summed E-state index contributed by atoms with van der Waals surface area (Å²) in [5.74, 6) is -1.06. The zero-order valence-corrected chi connectivity index (χ0v) is 4.66. The molecule has 0 bridgehead atoms. The van der Waals surface area contributed by atoms with Gasteiger partial charge < -0.3 is 16.6 Å². The molecule has 0 rings (SSSR count). The summed E-state index contributed by atoms with van der Waals surface area (Å²) in [5.41, 5.74) is 10.2. The second kappa shape index (κ2) is 2.64. The first kappa shape index (κ1) is 7.39. The molecule has 8 heavy (non-hydrogen) atoms. The van der Waals surface area contributed by atoms with Crippen LogP contribution in [0.3, 0.4) is 0 Å². The van der Waals surface area contributed by atoms with Crippen LogP contribution >= 0.6 is 0 Å². The number of hydrogen-bond acceptors (Lipinski definition) is 3. The van der Waals surface area contributed by atoms with Gasteiger partial charge in [0.15, 0.2) is 0 Å². The van der Waals surface area contributed by atoms with Crippen molar-refractivity contribution >= 4 is 5.97 Å². The van der Waals surface area contributed by atoms with E-state index in [4.69, 9.17) is 16.6 Å². The Balaban J connectivity index is 3.64. The van der Waals surface area contributed by atoms with Gasteiger partial charge in [-0.15, -0.1) is 0 Å². The zero-order valence-electron chi connectivity index (χ0n) is 4.66. The van der Waals surface area contributed by atoms with Crippen molar-refractivity contribution < 1.29 is 9.90 Å². The number of aliphatic carboxylic acids is 1. The second-order valence-corrected chi connectivity index (χ2v) is 1.72. The Morgan fingerprint density at radius 1 is 1.62 bits per heavy atom. The van der Waals surface area contributed by atoms with Gasteiger partial charge in [-0.2, -0.15) is 0 Å². The summed E-state index contributed by atoms with van der Waals surface area (Å²) >= 11 is 0. The Morgan fingerprint density at radius 3 is 2.00 bits per heavy atom. The van der Waals surface area contributed by atoms with Crippen LogP contribution < -0.4 is 11.5 Å². The van der Waals surface area contributed by atoms with Gasteiger partial charge >= 0.3 is 5.97 Å². The molecule has 2 atom stereocenters. The zero-order chi connectivity index (χ0) is 6.73. The largest absolute Gasteiger partial charge is 0.480 e. The predicted octanol–water partition coefficient (Wildman–Crippen LogP) is -1.25. The molecule has 0 fully saturated rings. The van der Waals surface area contributed by atoms with E-state index < -0.39 is 18.1 Å². The van der Waals surface area contributed by atoms with Crippen molar-refractivity contribution in [2.24, 2.45) is 11.5 Å². The van der Waals surface area contributed by atoms with Crippen molar-refractivity contribution in [3.05, 3.63) is 0 Å². The summed E-state index contributed by atoms with van der Waals surface area (Å²) in [5, 5.41) is 8.15. The first-order valence-corrected chi connectivity index (χ1v) is 2.29. The van der Waals surface area contributed by atoms with E-state index in [1.807, 2.05) is 0 Å². The molecule has 0 radical (unpaired) electrons. The fourth-order valence-corrected chi connectivity index (χ4v) is 0.225. The monoisotopic (exact) mass is 118 g/mol. The van der Waals surface area contributed by atoms with Crippen molar-refractivity contribution in [2.75, 3.05) is 0 Å². The molecule has 0 aliphatic carbocycles. The Morgan fingerprint density at radius 2 is 2.00 bits per heavy atom. The minimum atomic E-state index is -1.06. The first-order chi connectivity index (χ1) is 3.55. The van der Waals surface area contributed by atoms with Crippen LogP contribution in [-0.4, -0.2) is 23.2 Å². The third-order valence-corrected chi connectivity index (χ3v) is 0.852. The van der Waals surface area contributed by atoms with Gasteiger partial charge in [0.25, 0.3) is 0 Å². The smallest absolute Gasteiger partial charge is 0.322 e. The lowest BCUT2D eigenvalue weighted by Gasteiger charge is -2.08. The summed E-state index contributed by atoms with van der Waals surface area (Å²) in [6, 6.07) is -1.41. The lowest BCUT2D eigenvalue weighted by Crippen LogP contribution is -2.44. The van der Waals surface area contributed by atoms with E-state index in [1.165, 1.54) is 0 Å². The predicted molar refractivity (Wildman–Crippen MR) is 29.3 cm³/mol. The number of carbonyl (C=O) groups is 1. The molecular formula is C4H10N2O2. The first-order valence-electron chi connectivity index (χ1n) is 2.29. The summed E-state index contributed by atoms with van der Waals surface area (Å²) < 4.78 is 0. The Hall–Kier alpha value is -0.610. The van der Waals surface area contributed by atoms with Crippen molar-refractivity contribution in [3.8, 4) is 0 Å². The quantitative estimate of drug-likeness (QED) is 0.422. The molecule has 0 aliphatic rings. The topological polar surface area (TPSA) is 89.3 Å². The van der Waals surface area contributed by atoms with Crippen molar-refractivity contribution in [1.29, 1.82) is 0 Å². The van der Waals surface area contributed by atoms with E-state index in [1.54, 1.807) is 6.92 Å². The molecule has 0 aromatic carbocycles. The van der Waals surface area contributed by atoms with Crippen LogP contribution in [-0.2, 0) is 4.79 Å². The molecule has 0 unspecified atom stereocenters. The van der Waals surface area contributed by atoms with Gasteiger partial charge in [-0.05, 0) is 6.92 Å². The van der Waals surface area contributed by atoms with Crippen LogP contribution in [0.4, 0.5) is 0 Å². The van der Waals surface area contributed by atoms with Crippen LogP contribution in [0.25, 0.3) is 0 Å². The Bertz CT molecular complexity index is 92.0. The normalized spacial score (nSPS) is 17.4. The molecule has 0 heterocycles. The fraction of sp³-hybridized carbons (Fsp3) is 0.750. The molecular weight excluding hydrogens is 108 g/mol. The standard InChI is InChI=1S/C4H10N2O2/c1-2(5)3(6)4(7)8/h2-3H,5-6H2,1H3,(H,7,8)/t2-,3-/m1/s1. The number of rotatable bonds is 2. The summed E-state index contributed by atoms with van der Waals surface area (Å²) in [6.45, 7) is 1.55. The van der Waals surface area contributed by atoms with Crippen molar-refractivity contribution in [2.45, 2.75) is 19.0 Å². The number of carboxylic acids is 1. The highest BCUT2D eigenvalue weighted by Crippen LogP contribution is 1.82. The van der Waals surface area contributed by atoms with E-state index in [2.05, 4.69) is 0 Å². The molecule has 4 heteroatoms. The van der Waals surface area contributed by atoms with E-state index >= 15 is 0 Å². The molecule has 5 N–H and O–H groups in total.